The van der Waals surface area contributed by atoms with E-state index in [2.05, 4.69) is 15.1 Å². The van der Waals surface area contributed by atoms with Gasteiger partial charge < -0.3 is 9.30 Å². The van der Waals surface area contributed by atoms with E-state index in [1.165, 1.54) is 10.6 Å². The number of nitrogens with one attached hydrogen (secondary N) is 1. The summed E-state index contributed by atoms with van der Waals surface area (Å²) in [6, 6.07) is 15.6. The summed E-state index contributed by atoms with van der Waals surface area (Å²) in [7, 11) is 1.58. The van der Waals surface area contributed by atoms with Crippen LogP contribution in [0.4, 0.5) is 4.39 Å². The smallest absolute Gasteiger partial charge is 0.458 e. The Labute approximate surface area is 176 Å². The Kier molecular flexibility index (Phi) is 4.47. The van der Waals surface area contributed by atoms with E-state index >= 15 is 0 Å². The summed E-state index contributed by atoms with van der Waals surface area (Å²) in [5.74, 6) is 1.36. The van der Waals surface area contributed by atoms with Crippen molar-refractivity contribution in [2.45, 2.75) is 13.5 Å². The molecule has 3 aromatic heterocycles. The van der Waals surface area contributed by atoms with E-state index in [0.29, 0.717) is 39.5 Å². The van der Waals surface area contributed by atoms with Crippen LogP contribution in [0.15, 0.2) is 65.6 Å². The average Bonchev–Trinajstić information content (AvgIpc) is 3.15. The van der Waals surface area contributed by atoms with Gasteiger partial charge in [0.05, 0.1) is 19.2 Å². The maximum Gasteiger partial charge on any atom is 0.458 e. The molecule has 0 aliphatic rings. The topological polar surface area (TPSA) is 76.9 Å². The van der Waals surface area contributed by atoms with Gasteiger partial charge in [-0.15, -0.1) is 4.52 Å². The lowest BCUT2D eigenvalue weighted by molar-refractivity contribution is -0.567. The molecular formula is C23H19FN5O2+. The lowest BCUT2D eigenvalue weighted by atomic mass is 10.1. The summed E-state index contributed by atoms with van der Waals surface area (Å²) in [6.45, 7) is 1.93. The van der Waals surface area contributed by atoms with Gasteiger partial charge in [-0.1, -0.05) is 40.3 Å². The Morgan fingerprint density at radius 2 is 1.87 bits per heavy atom. The fraction of sp³-hybridized carbons (Fsp3) is 0.130. The Bertz CT molecular complexity index is 1510. The number of para-hydroxylation sites is 1. The second-order valence-corrected chi connectivity index (χ2v) is 7.21. The second-order valence-electron chi connectivity index (χ2n) is 7.21. The number of benzene rings is 2. The summed E-state index contributed by atoms with van der Waals surface area (Å²) in [5.41, 5.74) is 1.96. The van der Waals surface area contributed by atoms with Gasteiger partial charge in [0.25, 0.3) is 5.56 Å². The molecule has 0 spiro atoms. The van der Waals surface area contributed by atoms with Crippen LogP contribution in [0.3, 0.4) is 0 Å². The standard InChI is InChI=1S/C23H18FN5O2/c1-14-25-23-26-18-11-12-28(13-15-7-3-5-9-17(15)24)22(30)20(18)21(29(23)27-14)16-8-4-6-10-19(16)31-2/h3-12H,13H2,1-2H3/p+1. The van der Waals surface area contributed by atoms with Crippen LogP contribution in [0.25, 0.3) is 27.9 Å². The summed E-state index contributed by atoms with van der Waals surface area (Å²) in [6.07, 6.45) is 1.63. The van der Waals surface area contributed by atoms with Gasteiger partial charge >= 0.3 is 5.78 Å². The largest absolute Gasteiger partial charge is 0.496 e. The number of fused-ring (bicyclic) bond motifs is 2. The molecule has 2 aromatic carbocycles. The molecule has 1 N–H and O–H groups in total. The van der Waals surface area contributed by atoms with Gasteiger partial charge in [0.15, 0.2) is 11.2 Å². The van der Waals surface area contributed by atoms with E-state index in [1.807, 2.05) is 31.2 Å². The number of nitrogens with zero attached hydrogens (tertiary/aromatic N) is 4. The third-order valence-electron chi connectivity index (χ3n) is 5.23. The van der Waals surface area contributed by atoms with Crippen LogP contribution in [0.2, 0.25) is 0 Å². The number of aromatic amines is 1. The van der Waals surface area contributed by atoms with Crippen molar-refractivity contribution in [3.63, 3.8) is 0 Å². The van der Waals surface area contributed by atoms with Crippen LogP contribution < -0.4 is 14.8 Å². The van der Waals surface area contributed by atoms with Gasteiger partial charge in [-0.05, 0) is 24.3 Å². The van der Waals surface area contributed by atoms with E-state index < -0.39 is 0 Å². The van der Waals surface area contributed by atoms with Gasteiger partial charge in [-0.25, -0.2) is 9.49 Å². The first-order valence-corrected chi connectivity index (χ1v) is 9.75. The van der Waals surface area contributed by atoms with Crippen LogP contribution in [0.5, 0.6) is 5.75 Å². The van der Waals surface area contributed by atoms with Crippen LogP contribution in [-0.2, 0) is 6.54 Å². The zero-order valence-corrected chi connectivity index (χ0v) is 17.0. The highest BCUT2D eigenvalue weighted by molar-refractivity contribution is 5.92. The maximum absolute atomic E-state index is 14.2. The minimum atomic E-state index is -0.355. The van der Waals surface area contributed by atoms with Crippen molar-refractivity contribution in [1.82, 2.24) is 19.6 Å². The van der Waals surface area contributed by atoms with Crippen LogP contribution >= 0.6 is 0 Å². The molecule has 0 atom stereocenters. The van der Waals surface area contributed by atoms with Gasteiger partial charge in [0, 0.05) is 18.7 Å². The minimum Gasteiger partial charge on any atom is -0.496 e. The molecule has 5 aromatic rings. The zero-order valence-electron chi connectivity index (χ0n) is 17.0. The number of hydrogen-bond acceptors (Lipinski definition) is 4. The highest BCUT2D eigenvalue weighted by atomic mass is 19.1. The quantitative estimate of drug-likeness (QED) is 0.457. The molecule has 3 heterocycles. The number of halogens is 1. The normalized spacial score (nSPS) is 11.3. The van der Waals surface area contributed by atoms with E-state index in [4.69, 9.17) is 4.74 Å². The van der Waals surface area contributed by atoms with E-state index in [9.17, 15) is 9.18 Å². The minimum absolute atomic E-state index is 0.109. The van der Waals surface area contributed by atoms with Crippen LogP contribution in [-0.4, -0.2) is 26.7 Å². The van der Waals surface area contributed by atoms with Gasteiger partial charge in [0.2, 0.25) is 5.82 Å². The van der Waals surface area contributed by atoms with Crippen molar-refractivity contribution in [2.75, 3.05) is 7.11 Å². The van der Waals surface area contributed by atoms with Crippen molar-refractivity contribution in [3.05, 3.63) is 88.4 Å². The summed E-state index contributed by atoms with van der Waals surface area (Å²) in [5, 5.41) is 3.55. The molecule has 0 saturated carbocycles. The molecule has 154 valence electrons. The predicted octanol–water partition coefficient (Wildman–Crippen LogP) is 3.03. The fourth-order valence-corrected chi connectivity index (χ4v) is 3.80. The molecule has 0 fully saturated rings. The number of rotatable bonds is 4. The van der Waals surface area contributed by atoms with E-state index in [1.54, 1.807) is 42.1 Å². The number of hydrogen-bond donors (Lipinski definition) is 1. The number of aryl methyl sites for hydroxylation is 1. The fourth-order valence-electron chi connectivity index (χ4n) is 3.80. The monoisotopic (exact) mass is 416 g/mol. The lowest BCUT2D eigenvalue weighted by Crippen LogP contribution is -2.32. The molecule has 0 radical (unpaired) electrons. The second kappa shape index (κ2) is 7.32. The van der Waals surface area contributed by atoms with E-state index in [-0.39, 0.29) is 17.9 Å². The van der Waals surface area contributed by atoms with Gasteiger partial charge in [0.1, 0.15) is 17.0 Å². The Morgan fingerprint density at radius 1 is 1.10 bits per heavy atom. The SMILES string of the molecule is COc1ccccc1-c1c2c(=O)n(Cc3ccccc3F)ccc2nc2nc(C)[nH][n+]12. The molecular weight excluding hydrogens is 397 g/mol. The first-order valence-electron chi connectivity index (χ1n) is 9.75. The third kappa shape index (κ3) is 3.13. The molecule has 8 heteroatoms. The van der Waals surface area contributed by atoms with Crippen molar-refractivity contribution >= 4 is 16.7 Å². The van der Waals surface area contributed by atoms with Crippen molar-refractivity contribution in [3.8, 4) is 17.0 Å². The van der Waals surface area contributed by atoms with Crippen molar-refractivity contribution < 1.29 is 13.6 Å². The summed E-state index contributed by atoms with van der Waals surface area (Å²) < 4.78 is 22.9. The number of aromatic nitrogens is 5. The van der Waals surface area contributed by atoms with Gasteiger partial charge in [-0.3, -0.25) is 4.79 Å². The molecule has 7 nitrogen and oxygen atoms in total. The highest BCUT2D eigenvalue weighted by Crippen LogP contribution is 2.30. The summed E-state index contributed by atoms with van der Waals surface area (Å²) >= 11 is 0. The van der Waals surface area contributed by atoms with Gasteiger partial charge in [-0.2, -0.15) is 0 Å². The number of H-pyrrole nitrogens is 1. The number of methoxy groups -OCH3 is 1. The lowest BCUT2D eigenvalue weighted by Gasteiger charge is -2.11. The van der Waals surface area contributed by atoms with Crippen LogP contribution in [0.1, 0.15) is 11.4 Å². The first kappa shape index (κ1) is 18.9. The van der Waals surface area contributed by atoms with Crippen LogP contribution in [0, 0.1) is 12.7 Å². The third-order valence-corrected chi connectivity index (χ3v) is 5.23. The Morgan fingerprint density at radius 3 is 2.68 bits per heavy atom. The Balaban J connectivity index is 1.85. The molecule has 0 saturated heterocycles. The average molecular weight is 416 g/mol. The molecule has 0 aliphatic heterocycles. The molecule has 0 aliphatic carbocycles. The Hall–Kier alpha value is -4.07. The number of ether oxygens (including phenoxy) is 1. The first-order chi connectivity index (χ1) is 15.1. The maximum atomic E-state index is 14.2. The molecule has 0 amide bonds. The van der Waals surface area contributed by atoms with E-state index in [0.717, 1.165) is 5.56 Å². The predicted molar refractivity (Wildman–Crippen MR) is 114 cm³/mol. The van der Waals surface area contributed by atoms with Crippen molar-refractivity contribution in [2.24, 2.45) is 0 Å². The molecule has 5 rings (SSSR count). The number of pyridine rings is 1. The molecule has 0 bridgehead atoms. The van der Waals surface area contributed by atoms with Crippen molar-refractivity contribution in [1.29, 1.82) is 0 Å². The molecule has 31 heavy (non-hydrogen) atoms. The highest BCUT2D eigenvalue weighted by Gasteiger charge is 2.25. The summed E-state index contributed by atoms with van der Waals surface area (Å²) in [4.78, 5) is 22.6. The zero-order chi connectivity index (χ0) is 21.5. The molecule has 0 unspecified atom stereocenters.